The second-order valence-electron chi connectivity index (χ2n) is 5.36. The average molecular weight is 364 g/mol. The molecule has 2 unspecified atom stereocenters. The van der Waals surface area contributed by atoms with Crippen molar-refractivity contribution in [2.75, 3.05) is 14.2 Å². The first-order valence-corrected chi connectivity index (χ1v) is 7.44. The Labute approximate surface area is 146 Å². The molecule has 0 bridgehead atoms. The summed E-state index contributed by atoms with van der Waals surface area (Å²) in [5.74, 6) is -0.180. The van der Waals surface area contributed by atoms with Gasteiger partial charge in [-0.1, -0.05) is 0 Å². The predicted molar refractivity (Wildman–Crippen MR) is 86.9 cm³/mol. The second-order valence-corrected chi connectivity index (χ2v) is 5.36. The molecule has 1 aromatic carbocycles. The summed E-state index contributed by atoms with van der Waals surface area (Å²) in [7, 11) is 2.67. The second kappa shape index (κ2) is 7.00. The van der Waals surface area contributed by atoms with Gasteiger partial charge in [0.1, 0.15) is 17.4 Å². The van der Waals surface area contributed by atoms with E-state index in [-0.39, 0.29) is 5.58 Å². The van der Waals surface area contributed by atoms with Crippen LogP contribution in [0, 0.1) is 0 Å². The maximum atomic E-state index is 12.1. The van der Waals surface area contributed by atoms with Gasteiger partial charge in [0.25, 0.3) is 0 Å². The molecule has 0 saturated carbocycles. The molecular weight excluding hydrogens is 348 g/mol. The standard InChI is InChI=1S/C15H16N4O7/c1-24-7-3-4-8-9(6-11(20)26-10(8)5-7)12-13(14(21)25-2)16-18-19(17-12)15(22)23/h3-6,12-13,16-18H,1-2H3,(H,22,23). The Bertz CT molecular complexity index is 912. The van der Waals surface area contributed by atoms with Crippen molar-refractivity contribution >= 4 is 23.0 Å². The van der Waals surface area contributed by atoms with Crippen LogP contribution in [0.25, 0.3) is 11.0 Å². The number of hydrogen-bond acceptors (Lipinski definition) is 9. The lowest BCUT2D eigenvalue weighted by molar-refractivity contribution is -0.148. The van der Waals surface area contributed by atoms with Crippen LogP contribution in [0.2, 0.25) is 0 Å². The smallest absolute Gasteiger partial charge is 0.438 e. The van der Waals surface area contributed by atoms with E-state index in [1.807, 2.05) is 0 Å². The summed E-state index contributed by atoms with van der Waals surface area (Å²) < 4.78 is 15.0. The molecule has 3 rings (SSSR count). The first-order valence-electron chi connectivity index (χ1n) is 7.44. The zero-order valence-electron chi connectivity index (χ0n) is 13.8. The minimum absolute atomic E-state index is 0.234. The number of nitrogens with one attached hydrogen (secondary N) is 3. The summed E-state index contributed by atoms with van der Waals surface area (Å²) in [5.41, 5.74) is 7.43. The van der Waals surface area contributed by atoms with Crippen LogP contribution in [-0.4, -0.2) is 42.5 Å². The molecule has 1 saturated heterocycles. The lowest BCUT2D eigenvalue weighted by atomic mass is 9.97. The van der Waals surface area contributed by atoms with Gasteiger partial charge in [-0.25, -0.2) is 20.4 Å². The van der Waals surface area contributed by atoms with Crippen LogP contribution >= 0.6 is 0 Å². The molecule has 2 atom stereocenters. The molecule has 0 aliphatic carbocycles. The summed E-state index contributed by atoms with van der Waals surface area (Å²) in [6.07, 6.45) is -1.35. The molecule has 11 nitrogen and oxygen atoms in total. The van der Waals surface area contributed by atoms with E-state index < -0.39 is 29.8 Å². The van der Waals surface area contributed by atoms with Crippen molar-refractivity contribution in [3.63, 3.8) is 0 Å². The van der Waals surface area contributed by atoms with E-state index >= 15 is 0 Å². The van der Waals surface area contributed by atoms with Crippen molar-refractivity contribution in [3.05, 3.63) is 40.2 Å². The Morgan fingerprint density at radius 2 is 2.04 bits per heavy atom. The minimum Gasteiger partial charge on any atom is -0.497 e. The van der Waals surface area contributed by atoms with E-state index in [0.29, 0.717) is 21.8 Å². The fourth-order valence-corrected chi connectivity index (χ4v) is 2.69. The SMILES string of the molecule is COC(=O)C1NNN(C(=O)O)NC1c1cc(=O)oc2cc(OC)ccc12. The molecule has 4 N–H and O–H groups in total. The van der Waals surface area contributed by atoms with Crippen LogP contribution in [-0.2, 0) is 9.53 Å². The van der Waals surface area contributed by atoms with Crippen LogP contribution in [0.4, 0.5) is 4.79 Å². The van der Waals surface area contributed by atoms with Crippen LogP contribution < -0.4 is 26.7 Å². The number of hydrogen-bond donors (Lipinski definition) is 4. The number of fused-ring (bicyclic) bond motifs is 1. The monoisotopic (exact) mass is 364 g/mol. The van der Waals surface area contributed by atoms with E-state index in [9.17, 15) is 14.4 Å². The number of nitrogens with zero attached hydrogens (tertiary/aromatic N) is 1. The molecule has 2 aromatic rings. The summed E-state index contributed by atoms with van der Waals surface area (Å²) in [6, 6.07) is 4.08. The highest BCUT2D eigenvalue weighted by Crippen LogP contribution is 2.29. The number of carboxylic acid groups (broad SMARTS) is 1. The van der Waals surface area contributed by atoms with Crippen molar-refractivity contribution < 1.29 is 28.6 Å². The first-order chi connectivity index (χ1) is 12.4. The first kappa shape index (κ1) is 17.7. The lowest BCUT2D eigenvalue weighted by Crippen LogP contribution is -2.69. The van der Waals surface area contributed by atoms with Crippen LogP contribution in [0.3, 0.4) is 0 Å². The van der Waals surface area contributed by atoms with Gasteiger partial charge in [0, 0.05) is 17.5 Å². The number of methoxy groups -OCH3 is 2. The quantitative estimate of drug-likeness (QED) is 0.430. The summed E-state index contributed by atoms with van der Waals surface area (Å²) in [6.45, 7) is 0. The summed E-state index contributed by atoms with van der Waals surface area (Å²) in [4.78, 5) is 35.3. The highest BCUT2D eigenvalue weighted by atomic mass is 16.5. The average Bonchev–Trinajstić information content (AvgIpc) is 2.65. The van der Waals surface area contributed by atoms with Crippen LogP contribution in [0.5, 0.6) is 5.75 Å². The predicted octanol–water partition coefficient (Wildman–Crippen LogP) is -0.108. The highest BCUT2D eigenvalue weighted by molar-refractivity contribution is 5.84. The van der Waals surface area contributed by atoms with Gasteiger partial charge in [0.05, 0.1) is 20.3 Å². The van der Waals surface area contributed by atoms with Gasteiger partial charge in [-0.15, -0.1) is 5.53 Å². The molecular formula is C15H16N4O7. The Kier molecular flexibility index (Phi) is 4.75. The zero-order chi connectivity index (χ0) is 18.8. The van der Waals surface area contributed by atoms with E-state index in [2.05, 4.69) is 16.4 Å². The summed E-state index contributed by atoms with van der Waals surface area (Å²) in [5, 5.41) is 10.3. The molecule has 1 aliphatic rings. The van der Waals surface area contributed by atoms with Gasteiger partial charge in [-0.3, -0.25) is 4.79 Å². The number of hydrazine groups is 3. The molecule has 138 valence electrons. The van der Waals surface area contributed by atoms with Crippen molar-refractivity contribution in [1.29, 1.82) is 0 Å². The summed E-state index contributed by atoms with van der Waals surface area (Å²) >= 11 is 0. The highest BCUT2D eigenvalue weighted by Gasteiger charge is 2.38. The Morgan fingerprint density at radius 1 is 1.27 bits per heavy atom. The fourth-order valence-electron chi connectivity index (χ4n) is 2.69. The third kappa shape index (κ3) is 3.18. The maximum absolute atomic E-state index is 12.1. The van der Waals surface area contributed by atoms with Gasteiger partial charge >= 0.3 is 17.7 Å². The number of ether oxygens (including phenoxy) is 2. The third-order valence-electron chi connectivity index (χ3n) is 3.90. The topological polar surface area (TPSA) is 142 Å². The molecule has 1 aromatic heterocycles. The van der Waals surface area contributed by atoms with E-state index in [0.717, 1.165) is 0 Å². The third-order valence-corrected chi connectivity index (χ3v) is 3.90. The number of benzene rings is 1. The lowest BCUT2D eigenvalue weighted by Gasteiger charge is -2.37. The molecule has 0 radical (unpaired) electrons. The van der Waals surface area contributed by atoms with E-state index in [1.54, 1.807) is 12.1 Å². The number of rotatable bonds is 3. The molecule has 1 fully saturated rings. The van der Waals surface area contributed by atoms with Gasteiger partial charge < -0.3 is 19.0 Å². The van der Waals surface area contributed by atoms with Crippen LogP contribution in [0.15, 0.2) is 33.5 Å². The van der Waals surface area contributed by atoms with Crippen molar-refractivity contribution in [1.82, 2.24) is 21.5 Å². The van der Waals surface area contributed by atoms with Crippen molar-refractivity contribution in [3.8, 4) is 5.75 Å². The molecule has 0 spiro atoms. The number of esters is 1. The molecule has 1 aliphatic heterocycles. The van der Waals surface area contributed by atoms with Crippen LogP contribution in [0.1, 0.15) is 11.6 Å². The number of carbonyl (C=O) groups is 2. The van der Waals surface area contributed by atoms with Crippen molar-refractivity contribution in [2.24, 2.45) is 0 Å². The van der Waals surface area contributed by atoms with E-state index in [4.69, 9.17) is 19.0 Å². The van der Waals surface area contributed by atoms with Gasteiger partial charge in [0.15, 0.2) is 0 Å². The Balaban J connectivity index is 2.14. The number of amides is 1. The molecule has 2 heterocycles. The Hall–Kier alpha value is -3.15. The largest absolute Gasteiger partial charge is 0.497 e. The van der Waals surface area contributed by atoms with Gasteiger partial charge in [-0.2, -0.15) is 5.12 Å². The van der Waals surface area contributed by atoms with Gasteiger partial charge in [-0.05, 0) is 17.7 Å². The maximum Gasteiger partial charge on any atom is 0.438 e. The van der Waals surface area contributed by atoms with E-state index in [1.165, 1.54) is 26.4 Å². The number of carbonyl (C=O) groups excluding carboxylic acids is 1. The molecule has 11 heteroatoms. The molecule has 1 amide bonds. The molecule has 26 heavy (non-hydrogen) atoms. The Morgan fingerprint density at radius 3 is 2.69 bits per heavy atom. The zero-order valence-corrected chi connectivity index (χ0v) is 13.8. The van der Waals surface area contributed by atoms with Crippen molar-refractivity contribution in [2.45, 2.75) is 12.1 Å². The minimum atomic E-state index is -1.35. The normalized spacial score (nSPS) is 20.0. The fraction of sp³-hybridized carbons (Fsp3) is 0.267. The van der Waals surface area contributed by atoms with Gasteiger partial charge in [0.2, 0.25) is 0 Å².